The topological polar surface area (TPSA) is 92.8 Å². The molecule has 1 aliphatic rings. The van der Waals surface area contributed by atoms with Gasteiger partial charge in [0.15, 0.2) is 0 Å². The van der Waals surface area contributed by atoms with Gasteiger partial charge in [0, 0.05) is 19.4 Å². The van der Waals surface area contributed by atoms with Gasteiger partial charge < -0.3 is 4.74 Å². The number of nitrogens with one attached hydrogen (secondary N) is 1. The number of benzene rings is 2. The van der Waals surface area contributed by atoms with Crippen molar-refractivity contribution in [2.24, 2.45) is 0 Å². The van der Waals surface area contributed by atoms with Crippen molar-refractivity contribution in [2.45, 2.75) is 31.2 Å². The molecule has 0 bridgehead atoms. The summed E-state index contributed by atoms with van der Waals surface area (Å²) in [5.74, 6) is -0.558. The van der Waals surface area contributed by atoms with Crippen molar-refractivity contribution in [3.8, 4) is 5.75 Å². The Balaban J connectivity index is 1.92. The number of carbonyl (C=O) groups excluding carboxylic acids is 2. The third kappa shape index (κ3) is 4.01. The van der Waals surface area contributed by atoms with Crippen LogP contribution < -0.4 is 14.4 Å². The lowest BCUT2D eigenvalue weighted by atomic mass is 10.1. The molecule has 0 saturated carbocycles. The number of amides is 2. The molecule has 1 heterocycles. The molecular weight excluding hydrogens is 368 g/mol. The number of sulfonamides is 1. The molecule has 0 unspecified atom stereocenters. The fourth-order valence-corrected chi connectivity index (χ4v) is 4.16. The van der Waals surface area contributed by atoms with E-state index >= 15 is 0 Å². The first-order valence-corrected chi connectivity index (χ1v) is 9.89. The predicted molar refractivity (Wildman–Crippen MR) is 99.9 cm³/mol. The van der Waals surface area contributed by atoms with Gasteiger partial charge in [0.2, 0.25) is 21.8 Å². The average molecular weight is 388 g/mol. The first kappa shape index (κ1) is 19.1. The normalized spacial score (nSPS) is 14.7. The minimum atomic E-state index is -3.93. The van der Waals surface area contributed by atoms with Crippen LogP contribution in [0.4, 0.5) is 5.69 Å². The monoisotopic (exact) mass is 388 g/mol. The van der Waals surface area contributed by atoms with E-state index in [-0.39, 0.29) is 47.5 Å². The van der Waals surface area contributed by atoms with E-state index < -0.39 is 10.0 Å². The molecule has 3 rings (SSSR count). The lowest BCUT2D eigenvalue weighted by Gasteiger charge is -2.17. The van der Waals surface area contributed by atoms with E-state index in [9.17, 15) is 18.0 Å². The number of rotatable bonds is 6. The Morgan fingerprint density at radius 3 is 2.41 bits per heavy atom. The van der Waals surface area contributed by atoms with Crippen LogP contribution in [0.2, 0.25) is 0 Å². The number of imide groups is 1. The van der Waals surface area contributed by atoms with E-state index in [0.717, 1.165) is 16.0 Å². The zero-order valence-corrected chi connectivity index (χ0v) is 15.9. The van der Waals surface area contributed by atoms with Gasteiger partial charge in [0.05, 0.1) is 12.8 Å². The minimum Gasteiger partial charge on any atom is -0.495 e. The highest BCUT2D eigenvalue weighted by atomic mass is 32.2. The number of methoxy groups -OCH3 is 1. The fourth-order valence-electron chi connectivity index (χ4n) is 2.96. The SMILES string of the molecule is COc1ccc(N2C(=O)CCC2=O)cc1S(=O)(=O)NCc1cccc(C)c1. The van der Waals surface area contributed by atoms with Crippen molar-refractivity contribution in [1.82, 2.24) is 4.72 Å². The lowest BCUT2D eigenvalue weighted by molar-refractivity contribution is -0.121. The van der Waals surface area contributed by atoms with E-state index in [2.05, 4.69) is 4.72 Å². The van der Waals surface area contributed by atoms with Crippen molar-refractivity contribution in [3.05, 3.63) is 53.6 Å². The zero-order chi connectivity index (χ0) is 19.6. The molecule has 0 spiro atoms. The van der Waals surface area contributed by atoms with Crippen LogP contribution in [0.3, 0.4) is 0 Å². The number of anilines is 1. The predicted octanol–water partition coefficient (Wildman–Crippen LogP) is 2.14. The summed E-state index contributed by atoms with van der Waals surface area (Å²) in [6, 6.07) is 11.7. The number of ether oxygens (including phenoxy) is 1. The first-order valence-electron chi connectivity index (χ1n) is 8.41. The highest BCUT2D eigenvalue weighted by molar-refractivity contribution is 7.89. The number of carbonyl (C=O) groups is 2. The number of hydrogen-bond donors (Lipinski definition) is 1. The molecule has 2 aromatic carbocycles. The van der Waals surface area contributed by atoms with Gasteiger partial charge in [0.1, 0.15) is 10.6 Å². The molecule has 8 heteroatoms. The molecule has 1 aliphatic heterocycles. The van der Waals surface area contributed by atoms with Crippen LogP contribution in [0.1, 0.15) is 24.0 Å². The number of aryl methyl sites for hydroxylation is 1. The van der Waals surface area contributed by atoms with Crippen LogP contribution in [-0.4, -0.2) is 27.3 Å². The summed E-state index contributed by atoms with van der Waals surface area (Å²) in [4.78, 5) is 24.8. The maximum Gasteiger partial charge on any atom is 0.244 e. The first-order chi connectivity index (χ1) is 12.8. The fraction of sp³-hybridized carbons (Fsp3) is 0.263. The second kappa shape index (κ2) is 7.50. The summed E-state index contributed by atoms with van der Waals surface area (Å²) in [7, 11) is -2.56. The highest BCUT2D eigenvalue weighted by Crippen LogP contribution is 2.31. The molecule has 1 N–H and O–H groups in total. The average Bonchev–Trinajstić information content (AvgIpc) is 2.98. The van der Waals surface area contributed by atoms with Gasteiger partial charge in [-0.05, 0) is 30.7 Å². The van der Waals surface area contributed by atoms with Gasteiger partial charge in [-0.15, -0.1) is 0 Å². The van der Waals surface area contributed by atoms with Crippen LogP contribution in [0, 0.1) is 6.92 Å². The summed E-state index contributed by atoms with van der Waals surface area (Å²) in [5, 5.41) is 0. The number of hydrogen-bond acceptors (Lipinski definition) is 5. The van der Waals surface area contributed by atoms with Gasteiger partial charge >= 0.3 is 0 Å². The maximum atomic E-state index is 12.8. The Hall–Kier alpha value is -2.71. The van der Waals surface area contributed by atoms with Gasteiger partial charge in [-0.3, -0.25) is 14.5 Å². The second-order valence-corrected chi connectivity index (χ2v) is 8.01. The molecule has 7 nitrogen and oxygen atoms in total. The Bertz CT molecular complexity index is 985. The van der Waals surface area contributed by atoms with Gasteiger partial charge in [-0.2, -0.15) is 0 Å². The molecule has 142 valence electrons. The van der Waals surface area contributed by atoms with Crippen molar-refractivity contribution < 1.29 is 22.7 Å². The van der Waals surface area contributed by atoms with Crippen molar-refractivity contribution >= 4 is 27.5 Å². The molecule has 1 fully saturated rings. The smallest absolute Gasteiger partial charge is 0.244 e. The largest absolute Gasteiger partial charge is 0.495 e. The van der Waals surface area contributed by atoms with Crippen molar-refractivity contribution in [3.63, 3.8) is 0 Å². The van der Waals surface area contributed by atoms with E-state index in [0.29, 0.717) is 0 Å². The molecule has 2 aromatic rings. The molecule has 0 atom stereocenters. The van der Waals surface area contributed by atoms with E-state index in [4.69, 9.17) is 4.74 Å². The maximum absolute atomic E-state index is 12.8. The lowest BCUT2D eigenvalue weighted by Crippen LogP contribution is -2.29. The Morgan fingerprint density at radius 1 is 1.07 bits per heavy atom. The van der Waals surface area contributed by atoms with Crippen LogP contribution in [0.25, 0.3) is 0 Å². The molecule has 0 radical (unpaired) electrons. The Morgan fingerprint density at radius 2 is 1.78 bits per heavy atom. The van der Waals surface area contributed by atoms with Crippen LogP contribution in [-0.2, 0) is 26.2 Å². The summed E-state index contributed by atoms with van der Waals surface area (Å²) >= 11 is 0. The third-order valence-corrected chi connectivity index (χ3v) is 5.72. The van der Waals surface area contributed by atoms with Gasteiger partial charge in [0.25, 0.3) is 0 Å². The molecule has 2 amide bonds. The zero-order valence-electron chi connectivity index (χ0n) is 15.1. The van der Waals surface area contributed by atoms with E-state index in [1.165, 1.54) is 25.3 Å². The minimum absolute atomic E-state index is 0.110. The van der Waals surface area contributed by atoms with Crippen LogP contribution >= 0.6 is 0 Å². The summed E-state index contributed by atoms with van der Waals surface area (Å²) < 4.78 is 33.3. The standard InChI is InChI=1S/C19H20N2O5S/c1-13-4-3-5-14(10-13)12-20-27(24,25)17-11-15(6-7-16(17)26-2)21-18(22)8-9-19(21)23/h3-7,10-11,20H,8-9,12H2,1-2H3. The van der Waals surface area contributed by atoms with Crippen molar-refractivity contribution in [1.29, 1.82) is 0 Å². The molecule has 27 heavy (non-hydrogen) atoms. The second-order valence-electron chi connectivity index (χ2n) is 6.27. The van der Waals surface area contributed by atoms with E-state index in [1.807, 2.05) is 31.2 Å². The Labute approximate surface area is 158 Å². The summed E-state index contributed by atoms with van der Waals surface area (Å²) in [6.07, 6.45) is 0.247. The Kier molecular flexibility index (Phi) is 5.29. The third-order valence-electron chi connectivity index (χ3n) is 4.30. The molecular formula is C19H20N2O5S. The quantitative estimate of drug-likeness (QED) is 0.766. The highest BCUT2D eigenvalue weighted by Gasteiger charge is 2.32. The molecule has 0 aliphatic carbocycles. The molecule has 1 saturated heterocycles. The van der Waals surface area contributed by atoms with Gasteiger partial charge in [-0.1, -0.05) is 29.8 Å². The van der Waals surface area contributed by atoms with Crippen LogP contribution in [0.15, 0.2) is 47.4 Å². The van der Waals surface area contributed by atoms with E-state index in [1.54, 1.807) is 0 Å². The van der Waals surface area contributed by atoms with Crippen LogP contribution in [0.5, 0.6) is 5.75 Å². The van der Waals surface area contributed by atoms with Crippen molar-refractivity contribution in [2.75, 3.05) is 12.0 Å². The molecule has 0 aromatic heterocycles. The van der Waals surface area contributed by atoms with Gasteiger partial charge in [-0.25, -0.2) is 13.1 Å². The summed E-state index contributed by atoms with van der Waals surface area (Å²) in [6.45, 7) is 2.04. The summed E-state index contributed by atoms with van der Waals surface area (Å²) in [5.41, 5.74) is 2.06. The number of nitrogens with zero attached hydrogens (tertiary/aromatic N) is 1.